The quantitative estimate of drug-likeness (QED) is 0.682. The monoisotopic (exact) mass is 205 g/mol. The van der Waals surface area contributed by atoms with E-state index in [9.17, 15) is 14.7 Å². The largest absolute Gasteiger partial charge is 0.506 e. The van der Waals surface area contributed by atoms with Gasteiger partial charge in [-0.2, -0.15) is 0 Å². The molecular formula is C11H11NO3. The van der Waals surface area contributed by atoms with E-state index >= 15 is 0 Å². The first-order valence-electron chi connectivity index (χ1n) is 4.75. The number of phenols is 1. The van der Waals surface area contributed by atoms with Gasteiger partial charge in [-0.25, -0.2) is 0 Å². The van der Waals surface area contributed by atoms with Gasteiger partial charge >= 0.3 is 0 Å². The predicted octanol–water partition coefficient (Wildman–Crippen LogP) is 1.48. The molecule has 2 rings (SSSR count). The van der Waals surface area contributed by atoms with Crippen LogP contribution in [0.25, 0.3) is 0 Å². The summed E-state index contributed by atoms with van der Waals surface area (Å²) in [5, 5.41) is 12.1. The number of carbonyl (C=O) groups excluding carboxylic acids is 2. The topological polar surface area (TPSA) is 66.4 Å². The molecule has 0 bridgehead atoms. The molecule has 0 unspecified atom stereocenters. The molecule has 0 aliphatic heterocycles. The maximum atomic E-state index is 11.6. The molecule has 0 saturated heterocycles. The Morgan fingerprint density at radius 2 is 2.13 bits per heavy atom. The first kappa shape index (κ1) is 9.71. The molecule has 0 radical (unpaired) electrons. The molecule has 1 amide bonds. The maximum Gasteiger partial charge on any atom is 0.221 e. The number of fused-ring (bicyclic) bond motifs is 1. The first-order valence-corrected chi connectivity index (χ1v) is 4.75. The number of benzene rings is 1. The summed E-state index contributed by atoms with van der Waals surface area (Å²) in [4.78, 5) is 22.5. The molecule has 0 atom stereocenters. The van der Waals surface area contributed by atoms with Gasteiger partial charge in [-0.3, -0.25) is 9.59 Å². The summed E-state index contributed by atoms with van der Waals surface area (Å²) in [5.74, 6) is -0.373. The summed E-state index contributed by atoms with van der Waals surface area (Å²) in [6.07, 6.45) is 1.13. The second-order valence-corrected chi connectivity index (χ2v) is 3.60. The Bertz CT molecular complexity index is 451. The van der Waals surface area contributed by atoms with Crippen molar-refractivity contribution in [2.24, 2.45) is 0 Å². The van der Waals surface area contributed by atoms with E-state index in [0.717, 1.165) is 5.56 Å². The number of amides is 1. The molecule has 4 heteroatoms. The Hall–Kier alpha value is -1.84. The minimum atomic E-state index is -0.293. The van der Waals surface area contributed by atoms with Crippen LogP contribution in [0.15, 0.2) is 12.1 Å². The van der Waals surface area contributed by atoms with E-state index in [2.05, 4.69) is 5.32 Å². The van der Waals surface area contributed by atoms with Crippen molar-refractivity contribution < 1.29 is 14.7 Å². The van der Waals surface area contributed by atoms with Crippen LogP contribution in [0.2, 0.25) is 0 Å². The Balaban J connectivity index is 2.56. The number of phenolic OH excluding ortho intramolecular Hbond substituents is 1. The third-order valence-electron chi connectivity index (χ3n) is 2.47. The van der Waals surface area contributed by atoms with Gasteiger partial charge in [0.25, 0.3) is 0 Å². The van der Waals surface area contributed by atoms with Gasteiger partial charge in [0.1, 0.15) is 5.75 Å². The number of aryl methyl sites for hydroxylation is 1. The van der Waals surface area contributed by atoms with E-state index in [1.165, 1.54) is 13.0 Å². The zero-order valence-corrected chi connectivity index (χ0v) is 8.33. The van der Waals surface area contributed by atoms with Crippen molar-refractivity contribution in [1.29, 1.82) is 0 Å². The Morgan fingerprint density at radius 1 is 1.40 bits per heavy atom. The molecular weight excluding hydrogens is 194 g/mol. The summed E-state index contributed by atoms with van der Waals surface area (Å²) in [6.45, 7) is 1.35. The van der Waals surface area contributed by atoms with Crippen LogP contribution in [0.4, 0.5) is 5.69 Å². The van der Waals surface area contributed by atoms with E-state index in [4.69, 9.17) is 0 Å². The molecule has 78 valence electrons. The smallest absolute Gasteiger partial charge is 0.221 e. The van der Waals surface area contributed by atoms with E-state index < -0.39 is 0 Å². The predicted molar refractivity (Wildman–Crippen MR) is 55.1 cm³/mol. The molecule has 1 aromatic rings. The highest BCUT2D eigenvalue weighted by molar-refractivity contribution is 6.09. The molecule has 0 heterocycles. The lowest BCUT2D eigenvalue weighted by molar-refractivity contribution is -0.114. The number of aromatic hydroxyl groups is 1. The van der Waals surface area contributed by atoms with Gasteiger partial charge in [0.05, 0.1) is 5.69 Å². The van der Waals surface area contributed by atoms with Gasteiger partial charge in [-0.15, -0.1) is 0 Å². The van der Waals surface area contributed by atoms with Crippen LogP contribution in [-0.4, -0.2) is 16.8 Å². The number of anilines is 1. The number of hydrogen-bond donors (Lipinski definition) is 2. The van der Waals surface area contributed by atoms with E-state index in [1.54, 1.807) is 6.07 Å². The number of Topliss-reactive ketones (excluding diaryl/α,β-unsaturated/α-hetero) is 1. The van der Waals surface area contributed by atoms with E-state index in [1.807, 2.05) is 0 Å². The molecule has 0 fully saturated rings. The molecule has 2 N–H and O–H groups in total. The third kappa shape index (κ3) is 1.58. The van der Waals surface area contributed by atoms with Gasteiger partial charge in [0, 0.05) is 18.9 Å². The fourth-order valence-corrected chi connectivity index (χ4v) is 1.84. The van der Waals surface area contributed by atoms with Crippen molar-refractivity contribution in [3.05, 3.63) is 23.3 Å². The number of rotatable bonds is 1. The minimum absolute atomic E-state index is 0.0235. The summed E-state index contributed by atoms with van der Waals surface area (Å²) < 4.78 is 0. The molecule has 0 spiro atoms. The molecule has 1 aliphatic rings. The third-order valence-corrected chi connectivity index (χ3v) is 2.47. The van der Waals surface area contributed by atoms with Crippen molar-refractivity contribution in [2.45, 2.75) is 19.8 Å². The van der Waals surface area contributed by atoms with Crippen molar-refractivity contribution in [1.82, 2.24) is 0 Å². The minimum Gasteiger partial charge on any atom is -0.506 e. The lowest BCUT2D eigenvalue weighted by Crippen LogP contribution is -2.10. The lowest BCUT2D eigenvalue weighted by atomic mass is 10.1. The summed E-state index contributed by atoms with van der Waals surface area (Å²) in [7, 11) is 0. The molecule has 1 aromatic carbocycles. The standard InChI is InChI=1S/C11H11NO3/c1-6(13)12-11-9(15)5-3-7-2-4-8(14)10(7)11/h3,5,15H,2,4H2,1H3,(H,12,13). The summed E-state index contributed by atoms with van der Waals surface area (Å²) in [6, 6.07) is 3.23. The maximum absolute atomic E-state index is 11.6. The van der Waals surface area contributed by atoms with Crippen LogP contribution < -0.4 is 5.32 Å². The number of ketones is 1. The van der Waals surface area contributed by atoms with Crippen molar-refractivity contribution in [3.8, 4) is 5.75 Å². The zero-order valence-electron chi connectivity index (χ0n) is 8.33. The zero-order chi connectivity index (χ0) is 11.0. The average molecular weight is 205 g/mol. The van der Waals surface area contributed by atoms with Gasteiger partial charge in [0.2, 0.25) is 5.91 Å². The van der Waals surface area contributed by atoms with E-state index in [0.29, 0.717) is 18.4 Å². The molecule has 1 aliphatic carbocycles. The Kier molecular flexibility index (Phi) is 2.19. The normalized spacial score (nSPS) is 13.8. The number of carbonyl (C=O) groups is 2. The SMILES string of the molecule is CC(=O)Nc1c(O)ccc2c1C(=O)CC2. The number of hydrogen-bond acceptors (Lipinski definition) is 3. The Labute approximate surface area is 86.9 Å². The average Bonchev–Trinajstić information content (AvgIpc) is 2.52. The second-order valence-electron chi connectivity index (χ2n) is 3.60. The first-order chi connectivity index (χ1) is 7.09. The number of nitrogens with one attached hydrogen (secondary N) is 1. The van der Waals surface area contributed by atoms with Crippen LogP contribution in [-0.2, 0) is 11.2 Å². The molecule has 0 saturated carbocycles. The van der Waals surface area contributed by atoms with Gasteiger partial charge in [0.15, 0.2) is 5.78 Å². The van der Waals surface area contributed by atoms with Gasteiger partial charge in [-0.1, -0.05) is 6.07 Å². The highest BCUT2D eigenvalue weighted by atomic mass is 16.3. The lowest BCUT2D eigenvalue weighted by Gasteiger charge is -2.09. The van der Waals surface area contributed by atoms with Crippen LogP contribution in [0.1, 0.15) is 29.3 Å². The van der Waals surface area contributed by atoms with Crippen molar-refractivity contribution in [2.75, 3.05) is 5.32 Å². The molecule has 15 heavy (non-hydrogen) atoms. The fraction of sp³-hybridized carbons (Fsp3) is 0.273. The van der Waals surface area contributed by atoms with Crippen LogP contribution in [0.3, 0.4) is 0 Å². The van der Waals surface area contributed by atoms with E-state index in [-0.39, 0.29) is 23.1 Å². The molecule has 4 nitrogen and oxygen atoms in total. The summed E-state index contributed by atoms with van der Waals surface area (Å²) >= 11 is 0. The van der Waals surface area contributed by atoms with Crippen LogP contribution >= 0.6 is 0 Å². The van der Waals surface area contributed by atoms with Gasteiger partial charge in [-0.05, 0) is 18.1 Å². The highest BCUT2D eigenvalue weighted by Gasteiger charge is 2.25. The Morgan fingerprint density at radius 3 is 2.80 bits per heavy atom. The van der Waals surface area contributed by atoms with Crippen molar-refractivity contribution >= 4 is 17.4 Å². The fourth-order valence-electron chi connectivity index (χ4n) is 1.84. The van der Waals surface area contributed by atoms with Crippen LogP contribution in [0.5, 0.6) is 5.75 Å². The highest BCUT2D eigenvalue weighted by Crippen LogP contribution is 2.35. The van der Waals surface area contributed by atoms with Gasteiger partial charge < -0.3 is 10.4 Å². The second kappa shape index (κ2) is 3.38. The van der Waals surface area contributed by atoms with Crippen LogP contribution in [0, 0.1) is 0 Å². The van der Waals surface area contributed by atoms with Crippen molar-refractivity contribution in [3.63, 3.8) is 0 Å². The summed E-state index contributed by atoms with van der Waals surface area (Å²) in [5.41, 5.74) is 1.61. The molecule has 0 aromatic heterocycles.